The van der Waals surface area contributed by atoms with Gasteiger partial charge in [-0.2, -0.15) is 10.2 Å². The van der Waals surface area contributed by atoms with E-state index >= 15 is 0 Å². The topological polar surface area (TPSA) is 58.7 Å². The number of aromatic nitrogens is 2. The fraction of sp³-hybridized carbons (Fsp3) is 0.583. The Morgan fingerprint density at radius 3 is 2.59 bits per heavy atom. The van der Waals surface area contributed by atoms with E-state index in [4.69, 9.17) is 5.26 Å². The van der Waals surface area contributed by atoms with Gasteiger partial charge in [-0.05, 0) is 50.0 Å². The summed E-state index contributed by atoms with van der Waals surface area (Å²) in [5.41, 5.74) is 0.875. The third-order valence-corrected chi connectivity index (χ3v) is 3.95. The van der Waals surface area contributed by atoms with Gasteiger partial charge >= 0.3 is 5.69 Å². The van der Waals surface area contributed by atoms with Crippen LogP contribution < -0.4 is 5.69 Å². The minimum absolute atomic E-state index is 0.253. The van der Waals surface area contributed by atoms with Crippen molar-refractivity contribution in [2.24, 2.45) is 5.41 Å². The van der Waals surface area contributed by atoms with E-state index in [1.165, 1.54) is 0 Å². The average molecular weight is 298 g/mol. The molecule has 0 aliphatic heterocycles. The molecule has 0 radical (unpaired) electrons. The van der Waals surface area contributed by atoms with Gasteiger partial charge in [0.1, 0.15) is 0 Å². The van der Waals surface area contributed by atoms with Crippen molar-refractivity contribution in [2.75, 3.05) is 0 Å². The van der Waals surface area contributed by atoms with E-state index in [0.29, 0.717) is 18.7 Å². The molecule has 0 atom stereocenters. The lowest BCUT2D eigenvalue weighted by Crippen LogP contribution is -2.28. The Morgan fingerprint density at radius 1 is 1.47 bits per heavy atom. The number of nitrogens with zero attached hydrogens (tertiary/aromatic N) is 3. The van der Waals surface area contributed by atoms with Crippen LogP contribution in [0.3, 0.4) is 0 Å². The molecule has 17 heavy (non-hydrogen) atoms. The van der Waals surface area contributed by atoms with Gasteiger partial charge in [0.05, 0.1) is 21.7 Å². The molecule has 0 aliphatic carbocycles. The molecule has 0 spiro atoms. The highest BCUT2D eigenvalue weighted by Crippen LogP contribution is 2.21. The van der Waals surface area contributed by atoms with Gasteiger partial charge in [-0.1, -0.05) is 0 Å². The Morgan fingerprint density at radius 2 is 2.06 bits per heavy atom. The molecular weight excluding hydrogens is 282 g/mol. The van der Waals surface area contributed by atoms with Gasteiger partial charge in [-0.15, -0.1) is 0 Å². The van der Waals surface area contributed by atoms with Crippen LogP contribution in [0.5, 0.6) is 0 Å². The Bertz CT molecular complexity index is 526. The predicted octanol–water partition coefficient (Wildman–Crippen LogP) is 2.56. The SMILES string of the molecule is Cc1nc(=O)n(CCC(C)(C)C#N)c(C)c1Br. The first-order valence-corrected chi connectivity index (χ1v) is 6.22. The highest BCUT2D eigenvalue weighted by Gasteiger charge is 2.18. The fourth-order valence-electron chi connectivity index (χ4n) is 1.49. The van der Waals surface area contributed by atoms with Gasteiger partial charge in [0, 0.05) is 12.2 Å². The zero-order valence-corrected chi connectivity index (χ0v) is 12.1. The lowest BCUT2D eigenvalue weighted by molar-refractivity contribution is 0.403. The fourth-order valence-corrected chi connectivity index (χ4v) is 1.79. The molecule has 1 rings (SSSR count). The molecule has 0 bridgehead atoms. The molecule has 1 heterocycles. The van der Waals surface area contributed by atoms with Crippen LogP contribution in [0.1, 0.15) is 31.7 Å². The van der Waals surface area contributed by atoms with Crippen LogP contribution in [0.25, 0.3) is 0 Å². The molecule has 0 aromatic carbocycles. The summed E-state index contributed by atoms with van der Waals surface area (Å²) in [6.07, 6.45) is 0.626. The molecule has 0 saturated carbocycles. The van der Waals surface area contributed by atoms with Crippen molar-refractivity contribution in [3.05, 3.63) is 26.3 Å². The quantitative estimate of drug-likeness (QED) is 0.861. The van der Waals surface area contributed by atoms with Crippen LogP contribution in [-0.4, -0.2) is 9.55 Å². The van der Waals surface area contributed by atoms with Crippen LogP contribution in [0.2, 0.25) is 0 Å². The van der Waals surface area contributed by atoms with Crippen LogP contribution in [0.15, 0.2) is 9.27 Å². The van der Waals surface area contributed by atoms with Crippen molar-refractivity contribution in [3.8, 4) is 6.07 Å². The number of aryl methyl sites for hydroxylation is 1. The standard InChI is InChI=1S/C12H16BrN3O/c1-8-10(13)9(2)16(11(17)15-8)6-5-12(3,4)7-14/h5-6H2,1-4H3. The van der Waals surface area contributed by atoms with Gasteiger partial charge in [-0.25, -0.2) is 4.79 Å². The molecule has 0 fully saturated rings. The summed E-state index contributed by atoms with van der Waals surface area (Å²) in [7, 11) is 0. The summed E-state index contributed by atoms with van der Waals surface area (Å²) in [6, 6.07) is 2.23. The molecule has 0 unspecified atom stereocenters. The maximum absolute atomic E-state index is 11.8. The summed E-state index contributed by atoms with van der Waals surface area (Å²) in [6.45, 7) is 7.91. The zero-order valence-electron chi connectivity index (χ0n) is 10.5. The summed E-state index contributed by atoms with van der Waals surface area (Å²) < 4.78 is 2.46. The first-order valence-electron chi connectivity index (χ1n) is 5.43. The van der Waals surface area contributed by atoms with E-state index in [9.17, 15) is 4.79 Å². The van der Waals surface area contributed by atoms with Crippen molar-refractivity contribution < 1.29 is 0 Å². The Kier molecular flexibility index (Phi) is 4.10. The van der Waals surface area contributed by atoms with Gasteiger partial charge < -0.3 is 0 Å². The molecule has 0 aliphatic rings. The zero-order chi connectivity index (χ0) is 13.2. The molecule has 1 aromatic heterocycles. The normalized spacial score (nSPS) is 11.3. The van der Waals surface area contributed by atoms with Crippen LogP contribution in [0, 0.1) is 30.6 Å². The van der Waals surface area contributed by atoms with Crippen LogP contribution >= 0.6 is 15.9 Å². The monoisotopic (exact) mass is 297 g/mol. The van der Waals surface area contributed by atoms with E-state index in [2.05, 4.69) is 27.0 Å². The van der Waals surface area contributed by atoms with Crippen LogP contribution in [-0.2, 0) is 6.54 Å². The molecule has 4 nitrogen and oxygen atoms in total. The Hall–Kier alpha value is -1.15. The molecule has 5 heteroatoms. The van der Waals surface area contributed by atoms with Gasteiger partial charge in [0.25, 0.3) is 0 Å². The smallest absolute Gasteiger partial charge is 0.295 e. The van der Waals surface area contributed by atoms with Gasteiger partial charge in [0.15, 0.2) is 0 Å². The second kappa shape index (κ2) is 5.01. The highest BCUT2D eigenvalue weighted by molar-refractivity contribution is 9.10. The van der Waals surface area contributed by atoms with E-state index in [1.54, 1.807) is 11.5 Å². The van der Waals surface area contributed by atoms with Crippen molar-refractivity contribution in [3.63, 3.8) is 0 Å². The van der Waals surface area contributed by atoms with E-state index in [1.807, 2.05) is 20.8 Å². The maximum Gasteiger partial charge on any atom is 0.348 e. The summed E-state index contributed by atoms with van der Waals surface area (Å²) in [5.74, 6) is 0. The summed E-state index contributed by atoms with van der Waals surface area (Å²) in [4.78, 5) is 15.7. The molecule has 1 aromatic rings. The Labute approximate surface area is 109 Å². The Balaban J connectivity index is 3.06. The van der Waals surface area contributed by atoms with Crippen molar-refractivity contribution >= 4 is 15.9 Å². The minimum atomic E-state index is -0.427. The van der Waals surface area contributed by atoms with Crippen molar-refractivity contribution in [2.45, 2.75) is 40.7 Å². The molecule has 0 amide bonds. The number of hydrogen-bond donors (Lipinski definition) is 0. The maximum atomic E-state index is 11.8. The number of hydrogen-bond acceptors (Lipinski definition) is 3. The number of halogens is 1. The average Bonchev–Trinajstić information content (AvgIpc) is 2.26. The first kappa shape index (κ1) is 13.9. The third kappa shape index (κ3) is 3.16. The molecule has 92 valence electrons. The second-order valence-electron chi connectivity index (χ2n) is 4.78. The van der Waals surface area contributed by atoms with Crippen molar-refractivity contribution in [1.82, 2.24) is 9.55 Å². The van der Waals surface area contributed by atoms with E-state index in [-0.39, 0.29) is 5.69 Å². The van der Waals surface area contributed by atoms with Gasteiger partial charge in [0.2, 0.25) is 0 Å². The summed E-state index contributed by atoms with van der Waals surface area (Å²) >= 11 is 3.41. The predicted molar refractivity (Wildman–Crippen MR) is 69.7 cm³/mol. The third-order valence-electron chi connectivity index (χ3n) is 2.80. The minimum Gasteiger partial charge on any atom is -0.295 e. The lowest BCUT2D eigenvalue weighted by atomic mass is 9.91. The summed E-state index contributed by atoms with van der Waals surface area (Å²) in [5, 5.41) is 8.95. The molecular formula is C12H16BrN3O. The number of nitriles is 1. The largest absolute Gasteiger partial charge is 0.348 e. The second-order valence-corrected chi connectivity index (χ2v) is 5.57. The van der Waals surface area contributed by atoms with Crippen molar-refractivity contribution in [1.29, 1.82) is 5.26 Å². The molecule has 0 saturated heterocycles. The van der Waals surface area contributed by atoms with E-state index < -0.39 is 5.41 Å². The lowest BCUT2D eigenvalue weighted by Gasteiger charge is -2.17. The van der Waals surface area contributed by atoms with Crippen LogP contribution in [0.4, 0.5) is 0 Å². The highest BCUT2D eigenvalue weighted by atomic mass is 79.9. The first-order chi connectivity index (χ1) is 7.78. The van der Waals surface area contributed by atoms with Gasteiger partial charge in [-0.3, -0.25) is 4.57 Å². The molecule has 0 N–H and O–H groups in total. The van der Waals surface area contributed by atoms with E-state index in [0.717, 1.165) is 10.2 Å². The number of rotatable bonds is 3.